The van der Waals surface area contributed by atoms with Crippen molar-refractivity contribution in [2.24, 2.45) is 0 Å². The molecule has 22 heavy (non-hydrogen) atoms. The number of thiocarbonyl (C=S) groups is 1. The van der Waals surface area contributed by atoms with E-state index in [1.165, 1.54) is 6.20 Å². The van der Waals surface area contributed by atoms with Crippen LogP contribution in [0.25, 0.3) is 0 Å². The molecule has 0 aliphatic carbocycles. The summed E-state index contributed by atoms with van der Waals surface area (Å²) in [6.07, 6.45) is 1.48. The molecule has 116 valence electrons. The Hall–Kier alpha value is -1.86. The molecule has 1 aromatic heterocycles. The van der Waals surface area contributed by atoms with Gasteiger partial charge in [-0.3, -0.25) is 0 Å². The number of hydrogen-bond acceptors (Lipinski definition) is 2. The molecule has 0 atom stereocenters. The van der Waals surface area contributed by atoms with Gasteiger partial charge >= 0.3 is 0 Å². The second-order valence-electron chi connectivity index (χ2n) is 4.34. The Morgan fingerprint density at radius 2 is 1.86 bits per heavy atom. The number of aromatic nitrogens is 1. The summed E-state index contributed by atoms with van der Waals surface area (Å²) >= 11 is 10.7. The Kier molecular flexibility index (Phi) is 5.57. The molecule has 0 unspecified atom stereocenters. The standard InChI is InChI=1S/C14H11ClF3N3S/c15-8-1-2-13(20-7-8)21-14(22)19-4-3-10-11(17)5-9(16)6-12(10)18/h1-2,5-7H,3-4H2,(H2,19,20,21,22). The first-order valence-electron chi connectivity index (χ1n) is 6.25. The minimum absolute atomic E-state index is 0.0216. The van der Waals surface area contributed by atoms with Crippen molar-refractivity contribution in [2.45, 2.75) is 6.42 Å². The number of rotatable bonds is 4. The van der Waals surface area contributed by atoms with Gasteiger partial charge in [-0.25, -0.2) is 18.2 Å². The highest BCUT2D eigenvalue weighted by Crippen LogP contribution is 2.15. The quantitative estimate of drug-likeness (QED) is 0.829. The molecule has 2 N–H and O–H groups in total. The molecule has 0 spiro atoms. The number of benzene rings is 1. The number of nitrogens with one attached hydrogen (secondary N) is 2. The molecule has 2 aromatic rings. The maximum absolute atomic E-state index is 13.4. The topological polar surface area (TPSA) is 37.0 Å². The van der Waals surface area contributed by atoms with Gasteiger partial charge in [0, 0.05) is 30.4 Å². The van der Waals surface area contributed by atoms with Gasteiger partial charge in [-0.05, 0) is 30.8 Å². The van der Waals surface area contributed by atoms with Crippen LogP contribution in [0, 0.1) is 17.5 Å². The van der Waals surface area contributed by atoms with E-state index >= 15 is 0 Å². The van der Waals surface area contributed by atoms with Crippen LogP contribution in [0.2, 0.25) is 5.02 Å². The molecule has 0 saturated heterocycles. The third kappa shape index (κ3) is 4.57. The SMILES string of the molecule is Fc1cc(F)c(CCNC(=S)Nc2ccc(Cl)cn2)c(F)c1. The summed E-state index contributed by atoms with van der Waals surface area (Å²) in [4.78, 5) is 3.99. The lowest BCUT2D eigenvalue weighted by Gasteiger charge is -2.10. The summed E-state index contributed by atoms with van der Waals surface area (Å²) in [5.41, 5.74) is -0.193. The van der Waals surface area contributed by atoms with Gasteiger partial charge in [-0.15, -0.1) is 0 Å². The predicted octanol–water partition coefficient (Wildman–Crippen LogP) is 3.68. The molecule has 1 heterocycles. The van der Waals surface area contributed by atoms with Gasteiger partial charge in [0.05, 0.1) is 5.02 Å². The lowest BCUT2D eigenvalue weighted by molar-refractivity contribution is 0.522. The third-order valence-electron chi connectivity index (χ3n) is 2.74. The summed E-state index contributed by atoms with van der Waals surface area (Å²) in [7, 11) is 0. The van der Waals surface area contributed by atoms with Crippen LogP contribution in [0.3, 0.4) is 0 Å². The van der Waals surface area contributed by atoms with E-state index in [-0.39, 0.29) is 23.6 Å². The highest BCUT2D eigenvalue weighted by Gasteiger charge is 2.11. The van der Waals surface area contributed by atoms with Crippen LogP contribution >= 0.6 is 23.8 Å². The highest BCUT2D eigenvalue weighted by atomic mass is 35.5. The average molecular weight is 346 g/mol. The fourth-order valence-corrected chi connectivity index (χ4v) is 2.04. The molecule has 8 heteroatoms. The van der Waals surface area contributed by atoms with Gasteiger partial charge in [-0.2, -0.15) is 0 Å². The van der Waals surface area contributed by atoms with E-state index in [2.05, 4.69) is 15.6 Å². The van der Waals surface area contributed by atoms with Crippen molar-refractivity contribution in [3.8, 4) is 0 Å². The molecular formula is C14H11ClF3N3S. The molecule has 0 aliphatic rings. The number of halogens is 4. The van der Waals surface area contributed by atoms with Crippen LogP contribution in [-0.2, 0) is 6.42 Å². The van der Waals surface area contributed by atoms with Crippen LogP contribution < -0.4 is 10.6 Å². The molecule has 0 aliphatic heterocycles. The zero-order valence-electron chi connectivity index (χ0n) is 11.2. The van der Waals surface area contributed by atoms with Crippen molar-refractivity contribution in [3.63, 3.8) is 0 Å². The monoisotopic (exact) mass is 345 g/mol. The van der Waals surface area contributed by atoms with E-state index in [1.54, 1.807) is 12.1 Å². The van der Waals surface area contributed by atoms with E-state index < -0.39 is 17.5 Å². The summed E-state index contributed by atoms with van der Waals surface area (Å²) < 4.78 is 39.7. The summed E-state index contributed by atoms with van der Waals surface area (Å²) in [5, 5.41) is 6.32. The second-order valence-corrected chi connectivity index (χ2v) is 5.19. The summed E-state index contributed by atoms with van der Waals surface area (Å²) in [6, 6.07) is 4.57. The zero-order chi connectivity index (χ0) is 16.1. The zero-order valence-corrected chi connectivity index (χ0v) is 12.7. The molecule has 0 amide bonds. The number of hydrogen-bond donors (Lipinski definition) is 2. The van der Waals surface area contributed by atoms with Crippen LogP contribution in [0.15, 0.2) is 30.5 Å². The summed E-state index contributed by atoms with van der Waals surface area (Å²) in [6.45, 7) is 0.179. The van der Waals surface area contributed by atoms with E-state index in [0.717, 1.165) is 0 Å². The molecule has 0 fully saturated rings. The number of nitrogens with zero attached hydrogens (tertiary/aromatic N) is 1. The van der Waals surface area contributed by atoms with Crippen LogP contribution in [0.4, 0.5) is 19.0 Å². The van der Waals surface area contributed by atoms with Crippen LogP contribution in [-0.4, -0.2) is 16.6 Å². The molecule has 0 radical (unpaired) electrons. The van der Waals surface area contributed by atoms with Crippen LogP contribution in [0.5, 0.6) is 0 Å². The fraction of sp³-hybridized carbons (Fsp3) is 0.143. The van der Waals surface area contributed by atoms with Gasteiger partial charge in [-0.1, -0.05) is 11.6 Å². The number of anilines is 1. The Morgan fingerprint density at radius 3 is 2.45 bits per heavy atom. The lowest BCUT2D eigenvalue weighted by atomic mass is 10.1. The van der Waals surface area contributed by atoms with Crippen molar-refractivity contribution < 1.29 is 13.2 Å². The highest BCUT2D eigenvalue weighted by molar-refractivity contribution is 7.80. The van der Waals surface area contributed by atoms with Crippen molar-refractivity contribution in [1.29, 1.82) is 0 Å². The van der Waals surface area contributed by atoms with Gasteiger partial charge < -0.3 is 10.6 Å². The Balaban J connectivity index is 1.86. The van der Waals surface area contributed by atoms with Crippen molar-refractivity contribution >= 4 is 34.7 Å². The van der Waals surface area contributed by atoms with E-state index in [1.807, 2.05) is 0 Å². The average Bonchev–Trinajstić information content (AvgIpc) is 2.44. The van der Waals surface area contributed by atoms with Gasteiger partial charge in [0.15, 0.2) is 5.11 Å². The van der Waals surface area contributed by atoms with Gasteiger partial charge in [0.2, 0.25) is 0 Å². The van der Waals surface area contributed by atoms with Gasteiger partial charge in [0.1, 0.15) is 23.3 Å². The maximum Gasteiger partial charge on any atom is 0.171 e. The molecular weight excluding hydrogens is 335 g/mol. The van der Waals surface area contributed by atoms with E-state index in [0.29, 0.717) is 23.0 Å². The molecule has 1 aromatic carbocycles. The Bertz CT molecular complexity index is 657. The number of pyridine rings is 1. The van der Waals surface area contributed by atoms with Gasteiger partial charge in [0.25, 0.3) is 0 Å². The normalized spacial score (nSPS) is 10.4. The predicted molar refractivity (Wildman–Crippen MR) is 83.5 cm³/mol. The van der Waals surface area contributed by atoms with Crippen LogP contribution in [0.1, 0.15) is 5.56 Å². The van der Waals surface area contributed by atoms with Crippen molar-refractivity contribution in [2.75, 3.05) is 11.9 Å². The molecule has 0 bridgehead atoms. The first-order valence-corrected chi connectivity index (χ1v) is 7.04. The largest absolute Gasteiger partial charge is 0.362 e. The Labute approximate surface area is 135 Å². The lowest BCUT2D eigenvalue weighted by Crippen LogP contribution is -2.30. The first kappa shape index (κ1) is 16.5. The Morgan fingerprint density at radius 1 is 1.18 bits per heavy atom. The summed E-state index contributed by atoms with van der Waals surface area (Å²) in [5.74, 6) is -2.30. The minimum Gasteiger partial charge on any atom is -0.362 e. The fourth-order valence-electron chi connectivity index (χ4n) is 1.72. The van der Waals surface area contributed by atoms with Crippen molar-refractivity contribution in [3.05, 3.63) is 58.5 Å². The first-order chi connectivity index (χ1) is 10.5. The van der Waals surface area contributed by atoms with E-state index in [9.17, 15) is 13.2 Å². The molecule has 3 nitrogen and oxygen atoms in total. The second kappa shape index (κ2) is 7.42. The van der Waals surface area contributed by atoms with E-state index in [4.69, 9.17) is 23.8 Å². The van der Waals surface area contributed by atoms with Crippen molar-refractivity contribution in [1.82, 2.24) is 10.3 Å². The maximum atomic E-state index is 13.4. The molecule has 0 saturated carbocycles. The minimum atomic E-state index is -0.947. The molecule has 2 rings (SSSR count). The third-order valence-corrected chi connectivity index (χ3v) is 3.21. The smallest absolute Gasteiger partial charge is 0.171 e.